The molecule has 240 valence electrons. The smallest absolute Gasteiger partial charge is 0.366 e. The van der Waals surface area contributed by atoms with E-state index in [-0.39, 0.29) is 0 Å². The van der Waals surface area contributed by atoms with Gasteiger partial charge in [0.2, 0.25) is 0 Å². The first-order valence-corrected chi connectivity index (χ1v) is 22.7. The number of para-hydroxylation sites is 1. The summed E-state index contributed by atoms with van der Waals surface area (Å²) in [5.74, 6) is 0.504. The van der Waals surface area contributed by atoms with E-state index < -0.39 is 12.8 Å². The van der Waals surface area contributed by atoms with Crippen LogP contribution in [0.1, 0.15) is 129 Å². The Kier molecular flexibility index (Phi) is 24.2. The van der Waals surface area contributed by atoms with E-state index in [9.17, 15) is 9.13 Å². The Labute approximate surface area is 270 Å². The number of benzene rings is 2. The highest BCUT2D eigenvalue weighted by Gasteiger charge is 2.23. The molecule has 0 saturated heterocycles. The van der Waals surface area contributed by atoms with Gasteiger partial charge < -0.3 is 9.05 Å². The van der Waals surface area contributed by atoms with Crippen LogP contribution in [0, 0.1) is 0 Å². The number of rotatable bonds is 24. The highest BCUT2D eigenvalue weighted by atomic mass is 79.9. The van der Waals surface area contributed by atoms with Gasteiger partial charge in [0.1, 0.15) is 5.75 Å². The van der Waals surface area contributed by atoms with Crippen molar-refractivity contribution in [3.8, 4) is 5.75 Å². The number of hydrogen-bond donors (Lipinski definition) is 0. The van der Waals surface area contributed by atoms with E-state index in [1.165, 1.54) is 103 Å². The molecule has 0 aliphatic heterocycles. The van der Waals surface area contributed by atoms with Crippen molar-refractivity contribution in [2.45, 2.75) is 129 Å². The molecule has 0 aromatic heterocycles. The average molecular weight is 706 g/mol. The maximum Gasteiger partial charge on any atom is 0.366 e. The summed E-state index contributed by atoms with van der Waals surface area (Å²) in [5.41, 5.74) is 0. The molecular weight excluding hydrogens is 650 g/mol. The van der Waals surface area contributed by atoms with Gasteiger partial charge in [0.15, 0.2) is 0 Å². The molecule has 2 atom stereocenters. The summed E-state index contributed by atoms with van der Waals surface area (Å²) in [7, 11) is 0. The molecule has 4 nitrogen and oxygen atoms in total. The first-order valence-electron chi connectivity index (χ1n) is 16.3. The van der Waals surface area contributed by atoms with E-state index in [0.29, 0.717) is 23.8 Å². The average Bonchev–Trinajstić information content (AvgIpc) is 2.98. The Hall–Kier alpha value is -0.570. The van der Waals surface area contributed by atoms with Crippen LogP contribution in [-0.2, 0) is 13.7 Å². The van der Waals surface area contributed by atoms with Crippen molar-refractivity contribution < 1.29 is 18.2 Å². The van der Waals surface area contributed by atoms with Gasteiger partial charge in [-0.3, -0.25) is 9.13 Å². The molecule has 8 heteroatoms. The number of unbranched alkanes of at least 4 members (excludes halogenated alkanes) is 16. The van der Waals surface area contributed by atoms with Crippen molar-refractivity contribution in [3.63, 3.8) is 0 Å². The first kappa shape index (κ1) is 39.5. The molecule has 0 aliphatic carbocycles. The molecule has 42 heavy (non-hydrogen) atoms. The van der Waals surface area contributed by atoms with Gasteiger partial charge in [-0.05, 0) is 48.3 Å². The lowest BCUT2D eigenvalue weighted by Gasteiger charge is -2.12. The minimum Gasteiger partial charge on any atom is -0.430 e. The zero-order chi connectivity index (χ0) is 30.8. The summed E-state index contributed by atoms with van der Waals surface area (Å²) in [5, 5.41) is 0.500. The molecule has 0 amide bonds. The first-order chi connectivity index (χ1) is 20.3. The van der Waals surface area contributed by atoms with Crippen LogP contribution in [0.4, 0.5) is 0 Å². The van der Waals surface area contributed by atoms with Gasteiger partial charge in [-0.25, -0.2) is 0 Å². The standard InChI is InChI=1S/C22H46BrO2P.C12H10ClO2P/c1-3-5-7-9-11-13-14-15-17-19-21-25-26(23,24)22-20-18-16-12-10-8-6-4-2;13-16(14,12-9-5-2-6-10-12)15-11-7-3-1-4-8-11/h3-22H2,1-2H3;1-10H. The summed E-state index contributed by atoms with van der Waals surface area (Å²) in [6.07, 6.45) is 21.6. The monoisotopic (exact) mass is 704 g/mol. The van der Waals surface area contributed by atoms with Crippen LogP contribution in [0.25, 0.3) is 0 Å². The lowest BCUT2D eigenvalue weighted by Crippen LogP contribution is -2.04. The van der Waals surface area contributed by atoms with Crippen molar-refractivity contribution >= 4 is 44.8 Å². The fraction of sp³-hybridized carbons (Fsp3) is 0.647. The highest BCUT2D eigenvalue weighted by Crippen LogP contribution is 2.55. The number of halogens is 2. The zero-order valence-electron chi connectivity index (χ0n) is 26.2. The van der Waals surface area contributed by atoms with E-state index in [2.05, 4.69) is 29.3 Å². The molecule has 2 rings (SSSR count). The lowest BCUT2D eigenvalue weighted by atomic mass is 10.1. The number of hydrogen-bond acceptors (Lipinski definition) is 4. The summed E-state index contributed by atoms with van der Waals surface area (Å²) in [6.45, 7) is 1.87. The van der Waals surface area contributed by atoms with Gasteiger partial charge in [-0.1, -0.05) is 153 Å². The summed E-state index contributed by atoms with van der Waals surface area (Å²) >= 11 is 9.27. The summed E-state index contributed by atoms with van der Waals surface area (Å²) < 4.78 is 35.4. The van der Waals surface area contributed by atoms with Crippen molar-refractivity contribution in [2.75, 3.05) is 12.8 Å². The van der Waals surface area contributed by atoms with Crippen LogP contribution in [0.15, 0.2) is 60.7 Å². The van der Waals surface area contributed by atoms with E-state index in [4.69, 9.17) is 20.3 Å². The summed E-state index contributed by atoms with van der Waals surface area (Å²) in [4.78, 5) is 0. The quantitative estimate of drug-likeness (QED) is 0.0806. The third-order valence-corrected chi connectivity index (χ3v) is 12.3. The normalized spacial score (nSPS) is 13.9. The highest BCUT2D eigenvalue weighted by molar-refractivity contribution is 9.39. The SMILES string of the molecule is CCCCCCCCCCCCOP(=O)(Br)CCCCCCCCCC.O=P(Cl)(Oc1ccccc1)c1ccccc1. The van der Waals surface area contributed by atoms with Crippen LogP contribution >= 0.6 is 39.5 Å². The second-order valence-corrected chi connectivity index (χ2v) is 19.1. The van der Waals surface area contributed by atoms with Crippen molar-refractivity contribution in [1.82, 2.24) is 0 Å². The predicted molar refractivity (Wildman–Crippen MR) is 188 cm³/mol. The Bertz CT molecular complexity index is 978. The Morgan fingerprint density at radius 3 is 1.48 bits per heavy atom. The third kappa shape index (κ3) is 22.0. The van der Waals surface area contributed by atoms with Crippen molar-refractivity contribution in [3.05, 3.63) is 60.7 Å². The van der Waals surface area contributed by atoms with Crippen LogP contribution in [0.5, 0.6) is 5.75 Å². The van der Waals surface area contributed by atoms with Crippen LogP contribution in [0.3, 0.4) is 0 Å². The third-order valence-electron chi connectivity index (χ3n) is 7.09. The second-order valence-electron chi connectivity index (χ2n) is 11.0. The Balaban J connectivity index is 0.000000465. The molecule has 0 saturated carbocycles. The van der Waals surface area contributed by atoms with Crippen molar-refractivity contribution in [2.24, 2.45) is 0 Å². The van der Waals surface area contributed by atoms with Gasteiger partial charge in [0, 0.05) is 21.7 Å². The van der Waals surface area contributed by atoms with Gasteiger partial charge in [-0.2, -0.15) is 0 Å². The van der Waals surface area contributed by atoms with E-state index >= 15 is 0 Å². The van der Waals surface area contributed by atoms with Crippen LogP contribution in [-0.4, -0.2) is 12.8 Å². The lowest BCUT2D eigenvalue weighted by molar-refractivity contribution is 0.312. The zero-order valence-corrected chi connectivity index (χ0v) is 30.3. The molecule has 0 bridgehead atoms. The van der Waals surface area contributed by atoms with E-state index in [0.717, 1.165) is 12.8 Å². The molecule has 0 spiro atoms. The topological polar surface area (TPSA) is 52.6 Å². The molecule has 0 N–H and O–H groups in total. The van der Waals surface area contributed by atoms with Crippen molar-refractivity contribution in [1.29, 1.82) is 0 Å². The second kappa shape index (κ2) is 25.7. The molecule has 0 fully saturated rings. The largest absolute Gasteiger partial charge is 0.430 e. The maximum absolute atomic E-state index is 12.3. The molecule has 0 radical (unpaired) electrons. The van der Waals surface area contributed by atoms with Gasteiger partial charge in [0.25, 0.3) is 6.07 Å². The predicted octanol–water partition coefficient (Wildman–Crippen LogP) is 13.5. The van der Waals surface area contributed by atoms with Gasteiger partial charge >= 0.3 is 6.72 Å². The van der Waals surface area contributed by atoms with E-state index in [1.807, 2.05) is 12.1 Å². The molecule has 0 aliphatic rings. The molecule has 2 aromatic rings. The van der Waals surface area contributed by atoms with Gasteiger partial charge in [-0.15, -0.1) is 0 Å². The maximum atomic E-state index is 12.3. The molecule has 2 aromatic carbocycles. The fourth-order valence-electron chi connectivity index (χ4n) is 4.57. The van der Waals surface area contributed by atoms with Crippen LogP contribution < -0.4 is 9.83 Å². The van der Waals surface area contributed by atoms with Crippen LogP contribution in [0.2, 0.25) is 0 Å². The van der Waals surface area contributed by atoms with E-state index in [1.54, 1.807) is 48.5 Å². The minimum absolute atomic E-state index is 0.500. The summed E-state index contributed by atoms with van der Waals surface area (Å²) in [6, 6.07) is 17.7. The molecule has 2 unspecified atom stereocenters. The minimum atomic E-state index is -3.29. The Morgan fingerprint density at radius 2 is 1.00 bits per heavy atom. The van der Waals surface area contributed by atoms with Gasteiger partial charge in [0.05, 0.1) is 11.9 Å². The Morgan fingerprint density at radius 1 is 0.595 bits per heavy atom. The molecular formula is C34H56BrClO4P2. The fourth-order valence-corrected chi connectivity index (χ4v) is 8.49. The molecule has 0 heterocycles.